The Morgan fingerprint density at radius 1 is 1.42 bits per heavy atom. The number of non-ortho nitro benzene ring substituents is 1. The van der Waals surface area contributed by atoms with Gasteiger partial charge in [-0.2, -0.15) is 0 Å². The maximum Gasteiger partial charge on any atom is 0.269 e. The molecule has 1 aromatic rings. The van der Waals surface area contributed by atoms with Crippen LogP contribution in [0.5, 0.6) is 0 Å². The molecule has 106 valence electrons. The van der Waals surface area contributed by atoms with Gasteiger partial charge >= 0.3 is 0 Å². The zero-order valence-corrected chi connectivity index (χ0v) is 11.6. The molecular weight excluding hydrogens is 244 g/mol. The molecule has 1 rings (SSSR count). The van der Waals surface area contributed by atoms with E-state index >= 15 is 0 Å². The highest BCUT2D eigenvalue weighted by Crippen LogP contribution is 2.21. The van der Waals surface area contributed by atoms with Crippen molar-refractivity contribution in [2.45, 2.75) is 32.2 Å². The molecule has 0 amide bonds. The summed E-state index contributed by atoms with van der Waals surface area (Å²) in [6, 6.07) is 7.01. The molecule has 0 saturated carbocycles. The molecule has 0 heterocycles. The van der Waals surface area contributed by atoms with Gasteiger partial charge in [0.1, 0.15) is 0 Å². The number of ether oxygens (including phenoxy) is 1. The second-order valence-electron chi connectivity index (χ2n) is 4.47. The number of hydrogen-bond donors (Lipinski definition) is 1. The molecule has 1 aromatic carbocycles. The van der Waals surface area contributed by atoms with Gasteiger partial charge in [-0.25, -0.2) is 0 Å². The van der Waals surface area contributed by atoms with Crippen molar-refractivity contribution in [2.75, 3.05) is 20.3 Å². The van der Waals surface area contributed by atoms with Crippen LogP contribution in [0.4, 0.5) is 5.69 Å². The molecule has 0 aliphatic heterocycles. The van der Waals surface area contributed by atoms with Gasteiger partial charge in [0.05, 0.1) is 4.92 Å². The largest absolute Gasteiger partial charge is 0.385 e. The fourth-order valence-corrected chi connectivity index (χ4v) is 2.00. The minimum Gasteiger partial charge on any atom is -0.385 e. The minimum atomic E-state index is -0.352. The Bertz CT molecular complexity index is 396. The van der Waals surface area contributed by atoms with E-state index in [4.69, 9.17) is 4.74 Å². The van der Waals surface area contributed by atoms with Crippen LogP contribution in [-0.4, -0.2) is 25.2 Å². The van der Waals surface area contributed by atoms with Crippen molar-refractivity contribution >= 4 is 5.69 Å². The summed E-state index contributed by atoms with van der Waals surface area (Å²) in [6.45, 7) is 3.74. The number of unbranched alkanes of at least 4 members (excludes halogenated alkanes) is 1. The molecule has 1 N–H and O–H groups in total. The number of rotatable bonds is 9. The molecule has 1 atom stereocenters. The third-order valence-electron chi connectivity index (χ3n) is 3.06. The van der Waals surface area contributed by atoms with Gasteiger partial charge in [-0.1, -0.05) is 19.1 Å². The van der Waals surface area contributed by atoms with E-state index < -0.39 is 0 Å². The lowest BCUT2D eigenvalue weighted by Crippen LogP contribution is -2.22. The molecular formula is C14H22N2O3. The van der Waals surface area contributed by atoms with Crippen LogP contribution < -0.4 is 5.32 Å². The molecule has 19 heavy (non-hydrogen) atoms. The molecule has 0 bridgehead atoms. The Labute approximate surface area is 114 Å². The third kappa shape index (κ3) is 5.36. The van der Waals surface area contributed by atoms with Crippen molar-refractivity contribution in [2.24, 2.45) is 0 Å². The first kappa shape index (κ1) is 15.6. The van der Waals surface area contributed by atoms with Gasteiger partial charge in [-0.15, -0.1) is 0 Å². The highest BCUT2D eigenvalue weighted by molar-refractivity contribution is 5.35. The van der Waals surface area contributed by atoms with E-state index in [-0.39, 0.29) is 16.7 Å². The molecule has 0 saturated heterocycles. The average Bonchev–Trinajstić information content (AvgIpc) is 2.43. The van der Waals surface area contributed by atoms with Gasteiger partial charge in [0.25, 0.3) is 5.69 Å². The quantitative estimate of drug-likeness (QED) is 0.424. The topological polar surface area (TPSA) is 64.4 Å². The molecule has 0 aliphatic rings. The molecule has 1 unspecified atom stereocenters. The number of nitrogens with one attached hydrogen (secondary N) is 1. The van der Waals surface area contributed by atoms with Crippen LogP contribution in [0.3, 0.4) is 0 Å². The van der Waals surface area contributed by atoms with Crippen LogP contribution in [0.25, 0.3) is 0 Å². The SMILES string of the molecule is CCC(NCCCCOC)c1cccc([N+](=O)[O-])c1. The fraction of sp³-hybridized carbons (Fsp3) is 0.571. The second kappa shape index (κ2) is 8.61. The summed E-state index contributed by atoms with van der Waals surface area (Å²) in [7, 11) is 1.70. The van der Waals surface area contributed by atoms with E-state index in [1.165, 1.54) is 6.07 Å². The van der Waals surface area contributed by atoms with Gasteiger partial charge < -0.3 is 10.1 Å². The molecule has 0 aliphatic carbocycles. The Hall–Kier alpha value is -1.46. The van der Waals surface area contributed by atoms with Crippen LogP contribution in [0.2, 0.25) is 0 Å². The predicted octanol–water partition coefficient (Wildman–Crippen LogP) is 3.06. The molecule has 0 fully saturated rings. The van der Waals surface area contributed by atoms with Gasteiger partial charge in [0.15, 0.2) is 0 Å². The van der Waals surface area contributed by atoms with Crippen molar-refractivity contribution in [3.63, 3.8) is 0 Å². The van der Waals surface area contributed by atoms with Gasteiger partial charge in [0, 0.05) is 31.9 Å². The maximum absolute atomic E-state index is 10.8. The summed E-state index contributed by atoms with van der Waals surface area (Å²) in [6.07, 6.45) is 2.97. The van der Waals surface area contributed by atoms with E-state index in [0.29, 0.717) is 0 Å². The fourth-order valence-electron chi connectivity index (χ4n) is 2.00. The normalized spacial score (nSPS) is 12.3. The number of hydrogen-bond acceptors (Lipinski definition) is 4. The van der Waals surface area contributed by atoms with Crippen molar-refractivity contribution in [3.05, 3.63) is 39.9 Å². The monoisotopic (exact) mass is 266 g/mol. The third-order valence-corrected chi connectivity index (χ3v) is 3.06. The second-order valence-corrected chi connectivity index (χ2v) is 4.47. The summed E-state index contributed by atoms with van der Waals surface area (Å²) < 4.78 is 5.00. The van der Waals surface area contributed by atoms with E-state index in [9.17, 15) is 10.1 Å². The summed E-state index contributed by atoms with van der Waals surface area (Å²) in [4.78, 5) is 10.4. The first-order valence-corrected chi connectivity index (χ1v) is 6.65. The minimum absolute atomic E-state index is 0.150. The Balaban J connectivity index is 2.54. The maximum atomic E-state index is 10.8. The Morgan fingerprint density at radius 2 is 2.21 bits per heavy atom. The van der Waals surface area contributed by atoms with Crippen LogP contribution >= 0.6 is 0 Å². The number of benzene rings is 1. The zero-order valence-electron chi connectivity index (χ0n) is 11.6. The summed E-state index contributed by atoms with van der Waals surface area (Å²) in [5, 5.41) is 14.2. The summed E-state index contributed by atoms with van der Waals surface area (Å²) >= 11 is 0. The van der Waals surface area contributed by atoms with E-state index in [0.717, 1.165) is 38.0 Å². The Kier molecular flexibility index (Phi) is 7.07. The van der Waals surface area contributed by atoms with Crippen molar-refractivity contribution in [3.8, 4) is 0 Å². The highest BCUT2D eigenvalue weighted by atomic mass is 16.6. The lowest BCUT2D eigenvalue weighted by atomic mass is 10.0. The highest BCUT2D eigenvalue weighted by Gasteiger charge is 2.12. The lowest BCUT2D eigenvalue weighted by Gasteiger charge is -2.17. The lowest BCUT2D eigenvalue weighted by molar-refractivity contribution is -0.384. The van der Waals surface area contributed by atoms with Gasteiger partial charge in [0.2, 0.25) is 0 Å². The molecule has 5 heteroatoms. The summed E-state index contributed by atoms with van der Waals surface area (Å²) in [5.41, 5.74) is 1.13. The van der Waals surface area contributed by atoms with Gasteiger partial charge in [-0.05, 0) is 31.4 Å². The molecule has 5 nitrogen and oxygen atoms in total. The van der Waals surface area contributed by atoms with Crippen LogP contribution in [0, 0.1) is 10.1 Å². The van der Waals surface area contributed by atoms with Crippen LogP contribution in [-0.2, 0) is 4.74 Å². The van der Waals surface area contributed by atoms with Crippen molar-refractivity contribution in [1.29, 1.82) is 0 Å². The van der Waals surface area contributed by atoms with E-state index in [1.807, 2.05) is 6.07 Å². The summed E-state index contributed by atoms with van der Waals surface area (Å²) in [5.74, 6) is 0. The molecule has 0 spiro atoms. The van der Waals surface area contributed by atoms with Crippen molar-refractivity contribution in [1.82, 2.24) is 5.32 Å². The first-order chi connectivity index (χ1) is 9.19. The zero-order chi connectivity index (χ0) is 14.1. The Morgan fingerprint density at radius 3 is 2.84 bits per heavy atom. The smallest absolute Gasteiger partial charge is 0.269 e. The number of nitrogens with zero attached hydrogens (tertiary/aromatic N) is 1. The number of methoxy groups -OCH3 is 1. The van der Waals surface area contributed by atoms with E-state index in [2.05, 4.69) is 12.2 Å². The molecule has 0 aromatic heterocycles. The van der Waals surface area contributed by atoms with Crippen molar-refractivity contribution < 1.29 is 9.66 Å². The average molecular weight is 266 g/mol. The first-order valence-electron chi connectivity index (χ1n) is 6.65. The van der Waals surface area contributed by atoms with Crippen LogP contribution in [0.1, 0.15) is 37.8 Å². The standard InChI is InChI=1S/C14H22N2O3/c1-3-14(15-9-4-5-10-19-2)12-7-6-8-13(11-12)16(17)18/h6-8,11,14-15H,3-5,9-10H2,1-2H3. The predicted molar refractivity (Wildman–Crippen MR) is 75.2 cm³/mol. The molecule has 0 radical (unpaired) electrons. The number of nitro benzene ring substituents is 1. The van der Waals surface area contributed by atoms with E-state index in [1.54, 1.807) is 19.2 Å². The van der Waals surface area contributed by atoms with Crippen LogP contribution in [0.15, 0.2) is 24.3 Å². The van der Waals surface area contributed by atoms with Gasteiger partial charge in [-0.3, -0.25) is 10.1 Å². The number of nitro groups is 1.